The maximum Gasteiger partial charge on any atom is 0.266 e. The van der Waals surface area contributed by atoms with Gasteiger partial charge in [-0.3, -0.25) is 4.79 Å². The summed E-state index contributed by atoms with van der Waals surface area (Å²) in [6.45, 7) is 3.24. The van der Waals surface area contributed by atoms with Crippen molar-refractivity contribution in [3.63, 3.8) is 0 Å². The zero-order valence-corrected chi connectivity index (χ0v) is 15.1. The predicted octanol–water partition coefficient (Wildman–Crippen LogP) is 4.00. The molecule has 0 bridgehead atoms. The molecule has 0 aliphatic rings. The summed E-state index contributed by atoms with van der Waals surface area (Å²) in [4.78, 5) is 20.0. The monoisotopic (exact) mass is 356 g/mol. The SMILES string of the molecule is COCCN(Cc1ccco1)C(=O)c1sc(-c2ccccc2)nc1C. The van der Waals surface area contributed by atoms with Gasteiger partial charge in [0.2, 0.25) is 0 Å². The fourth-order valence-electron chi connectivity index (χ4n) is 2.49. The van der Waals surface area contributed by atoms with Gasteiger partial charge < -0.3 is 14.1 Å². The normalized spacial score (nSPS) is 10.8. The lowest BCUT2D eigenvalue weighted by Crippen LogP contribution is -2.33. The molecule has 1 amide bonds. The molecule has 5 nitrogen and oxygen atoms in total. The van der Waals surface area contributed by atoms with Gasteiger partial charge in [0.05, 0.1) is 25.1 Å². The van der Waals surface area contributed by atoms with Crippen LogP contribution in [0.25, 0.3) is 10.6 Å². The van der Waals surface area contributed by atoms with Crippen molar-refractivity contribution in [1.29, 1.82) is 0 Å². The van der Waals surface area contributed by atoms with Gasteiger partial charge in [0, 0.05) is 19.2 Å². The fraction of sp³-hybridized carbons (Fsp3) is 0.263. The quantitative estimate of drug-likeness (QED) is 0.642. The number of thiazole rings is 1. The van der Waals surface area contributed by atoms with E-state index in [0.717, 1.165) is 22.0 Å². The maximum absolute atomic E-state index is 13.0. The third-order valence-electron chi connectivity index (χ3n) is 3.79. The van der Waals surface area contributed by atoms with Crippen LogP contribution in [0, 0.1) is 6.92 Å². The van der Waals surface area contributed by atoms with E-state index in [1.807, 2.05) is 49.4 Å². The lowest BCUT2D eigenvalue weighted by atomic mass is 10.2. The van der Waals surface area contributed by atoms with E-state index in [0.29, 0.717) is 24.6 Å². The molecule has 0 N–H and O–H groups in total. The molecule has 0 aliphatic heterocycles. The second kappa shape index (κ2) is 8.09. The van der Waals surface area contributed by atoms with E-state index in [9.17, 15) is 4.79 Å². The molecular formula is C19H20N2O3S. The van der Waals surface area contributed by atoms with Crippen molar-refractivity contribution in [3.8, 4) is 10.6 Å². The first-order valence-electron chi connectivity index (χ1n) is 8.02. The van der Waals surface area contributed by atoms with E-state index in [-0.39, 0.29) is 5.91 Å². The summed E-state index contributed by atoms with van der Waals surface area (Å²) in [5.74, 6) is 0.695. The highest BCUT2D eigenvalue weighted by Crippen LogP contribution is 2.29. The van der Waals surface area contributed by atoms with Gasteiger partial charge in [-0.25, -0.2) is 4.98 Å². The molecule has 3 rings (SSSR count). The summed E-state index contributed by atoms with van der Waals surface area (Å²) < 4.78 is 10.5. The molecule has 0 saturated heterocycles. The number of furan rings is 1. The van der Waals surface area contributed by atoms with Crippen molar-refractivity contribution in [3.05, 3.63) is 65.1 Å². The van der Waals surface area contributed by atoms with Crippen LogP contribution in [0.3, 0.4) is 0 Å². The highest BCUT2D eigenvalue weighted by Gasteiger charge is 2.22. The van der Waals surface area contributed by atoms with Crippen LogP contribution in [0.5, 0.6) is 0 Å². The molecule has 3 aromatic rings. The molecule has 0 saturated carbocycles. The smallest absolute Gasteiger partial charge is 0.266 e. The molecule has 6 heteroatoms. The van der Waals surface area contributed by atoms with Crippen LogP contribution in [0.15, 0.2) is 53.1 Å². The van der Waals surface area contributed by atoms with Crippen LogP contribution >= 0.6 is 11.3 Å². The van der Waals surface area contributed by atoms with E-state index in [2.05, 4.69) is 4.98 Å². The first-order chi connectivity index (χ1) is 12.2. The number of aromatic nitrogens is 1. The van der Waals surface area contributed by atoms with Crippen LogP contribution in [0.1, 0.15) is 21.1 Å². The average Bonchev–Trinajstić information content (AvgIpc) is 3.28. The average molecular weight is 356 g/mol. The molecule has 0 unspecified atom stereocenters. The van der Waals surface area contributed by atoms with Gasteiger partial charge in [0.1, 0.15) is 15.6 Å². The number of hydrogen-bond acceptors (Lipinski definition) is 5. The number of amides is 1. The maximum atomic E-state index is 13.0. The Labute approximate surface area is 150 Å². The lowest BCUT2D eigenvalue weighted by Gasteiger charge is -2.20. The minimum Gasteiger partial charge on any atom is -0.467 e. The van der Waals surface area contributed by atoms with Crippen molar-refractivity contribution < 1.29 is 13.9 Å². The van der Waals surface area contributed by atoms with E-state index in [1.165, 1.54) is 11.3 Å². The van der Waals surface area contributed by atoms with E-state index < -0.39 is 0 Å². The van der Waals surface area contributed by atoms with Gasteiger partial charge in [0.15, 0.2) is 0 Å². The molecular weight excluding hydrogens is 336 g/mol. The number of ether oxygens (including phenoxy) is 1. The van der Waals surface area contributed by atoms with Gasteiger partial charge in [-0.2, -0.15) is 0 Å². The number of aryl methyl sites for hydroxylation is 1. The Bertz CT molecular complexity index is 813. The number of carbonyl (C=O) groups is 1. The minimum atomic E-state index is -0.0503. The topological polar surface area (TPSA) is 55.6 Å². The molecule has 0 atom stereocenters. The molecule has 25 heavy (non-hydrogen) atoms. The Hall–Kier alpha value is -2.44. The lowest BCUT2D eigenvalue weighted by molar-refractivity contribution is 0.0670. The standard InChI is InChI=1S/C19H20N2O3S/c1-14-17(25-18(20-14)15-7-4-3-5-8-15)19(22)21(10-12-23-2)13-16-9-6-11-24-16/h3-9,11H,10,12-13H2,1-2H3. The number of methoxy groups -OCH3 is 1. The Morgan fingerprint density at radius 1 is 1.24 bits per heavy atom. The third-order valence-corrected chi connectivity index (χ3v) is 4.99. The van der Waals surface area contributed by atoms with Gasteiger partial charge in [-0.15, -0.1) is 11.3 Å². The van der Waals surface area contributed by atoms with Crippen LogP contribution in [-0.2, 0) is 11.3 Å². The summed E-state index contributed by atoms with van der Waals surface area (Å²) in [5, 5.41) is 0.853. The Morgan fingerprint density at radius 2 is 2.04 bits per heavy atom. The van der Waals surface area contributed by atoms with Crippen molar-refractivity contribution >= 4 is 17.2 Å². The van der Waals surface area contributed by atoms with Crippen LogP contribution < -0.4 is 0 Å². The summed E-state index contributed by atoms with van der Waals surface area (Å²) in [6, 6.07) is 13.6. The van der Waals surface area contributed by atoms with Crippen LogP contribution in [-0.4, -0.2) is 36.1 Å². The Kier molecular flexibility index (Phi) is 5.63. The Morgan fingerprint density at radius 3 is 2.72 bits per heavy atom. The highest BCUT2D eigenvalue weighted by molar-refractivity contribution is 7.17. The largest absolute Gasteiger partial charge is 0.467 e. The highest BCUT2D eigenvalue weighted by atomic mass is 32.1. The van der Waals surface area contributed by atoms with Crippen LogP contribution in [0.4, 0.5) is 0 Å². The number of nitrogens with zero attached hydrogens (tertiary/aromatic N) is 2. The van der Waals surface area contributed by atoms with E-state index in [1.54, 1.807) is 18.3 Å². The molecule has 2 aromatic heterocycles. The summed E-state index contributed by atoms with van der Waals surface area (Å²) in [7, 11) is 1.63. The summed E-state index contributed by atoms with van der Waals surface area (Å²) in [5.41, 5.74) is 1.76. The molecule has 0 fully saturated rings. The zero-order valence-electron chi connectivity index (χ0n) is 14.3. The second-order valence-corrected chi connectivity index (χ2v) is 6.60. The first kappa shape index (κ1) is 17.4. The molecule has 130 valence electrons. The van der Waals surface area contributed by atoms with E-state index in [4.69, 9.17) is 9.15 Å². The van der Waals surface area contributed by atoms with E-state index >= 15 is 0 Å². The number of carbonyl (C=O) groups excluding carboxylic acids is 1. The molecule has 0 radical (unpaired) electrons. The number of hydrogen-bond donors (Lipinski definition) is 0. The van der Waals surface area contributed by atoms with Crippen molar-refractivity contribution in [1.82, 2.24) is 9.88 Å². The van der Waals surface area contributed by atoms with Gasteiger partial charge in [0.25, 0.3) is 5.91 Å². The molecule has 2 heterocycles. The fourth-order valence-corrected chi connectivity index (χ4v) is 3.53. The van der Waals surface area contributed by atoms with Crippen molar-refractivity contribution in [2.24, 2.45) is 0 Å². The number of rotatable bonds is 7. The third kappa shape index (κ3) is 4.15. The molecule has 0 aliphatic carbocycles. The Balaban J connectivity index is 1.85. The molecule has 0 spiro atoms. The second-order valence-electron chi connectivity index (χ2n) is 5.60. The van der Waals surface area contributed by atoms with Crippen LogP contribution in [0.2, 0.25) is 0 Å². The minimum absolute atomic E-state index is 0.0503. The first-order valence-corrected chi connectivity index (χ1v) is 8.84. The summed E-state index contributed by atoms with van der Waals surface area (Å²) in [6.07, 6.45) is 1.61. The van der Waals surface area contributed by atoms with Gasteiger partial charge in [-0.05, 0) is 19.1 Å². The van der Waals surface area contributed by atoms with Gasteiger partial charge in [-0.1, -0.05) is 30.3 Å². The zero-order chi connectivity index (χ0) is 17.6. The van der Waals surface area contributed by atoms with Gasteiger partial charge >= 0.3 is 0 Å². The van der Waals surface area contributed by atoms with Crippen molar-refractivity contribution in [2.75, 3.05) is 20.3 Å². The predicted molar refractivity (Wildman–Crippen MR) is 97.6 cm³/mol. The molecule has 1 aromatic carbocycles. The summed E-state index contributed by atoms with van der Waals surface area (Å²) >= 11 is 1.42. The number of benzene rings is 1. The van der Waals surface area contributed by atoms with Crippen molar-refractivity contribution in [2.45, 2.75) is 13.5 Å².